The average Bonchev–Trinajstić information content (AvgIpc) is 3.52. The predicted molar refractivity (Wildman–Crippen MR) is 134 cm³/mol. The highest BCUT2D eigenvalue weighted by molar-refractivity contribution is 6.05. The van der Waals surface area contributed by atoms with Crippen molar-refractivity contribution >= 4 is 17.6 Å². The maximum atomic E-state index is 12.5. The lowest BCUT2D eigenvalue weighted by Gasteiger charge is -2.27. The number of rotatable bonds is 13. The van der Waals surface area contributed by atoms with Gasteiger partial charge in [0.2, 0.25) is 5.91 Å². The monoisotopic (exact) mass is 480 g/mol. The van der Waals surface area contributed by atoms with Crippen molar-refractivity contribution < 1.29 is 24.2 Å². The highest BCUT2D eigenvalue weighted by Crippen LogP contribution is 2.46. The second-order valence-corrected chi connectivity index (χ2v) is 9.55. The lowest BCUT2D eigenvalue weighted by Crippen LogP contribution is -2.48. The van der Waals surface area contributed by atoms with Crippen molar-refractivity contribution in [3.8, 4) is 5.75 Å². The zero-order chi connectivity index (χ0) is 25.4. The molecule has 1 fully saturated rings. The van der Waals surface area contributed by atoms with E-state index in [-0.39, 0.29) is 42.5 Å². The number of aliphatic hydroxyl groups is 1. The molecule has 1 saturated carbocycles. The third kappa shape index (κ3) is 7.65. The molecule has 2 aromatic rings. The Morgan fingerprint density at radius 1 is 1.00 bits per heavy atom. The second kappa shape index (κ2) is 12.5. The fourth-order valence-corrected chi connectivity index (χ4v) is 4.26. The Morgan fingerprint density at radius 2 is 1.69 bits per heavy atom. The number of ketones is 1. The normalized spacial score (nSPS) is 18.6. The summed E-state index contributed by atoms with van der Waals surface area (Å²) in [5, 5.41) is 16.6. The number of unbranched alkanes of at least 4 members (excludes halogenated alkanes) is 1. The first-order valence-corrected chi connectivity index (χ1v) is 12.3. The van der Waals surface area contributed by atoms with Gasteiger partial charge < -0.3 is 20.5 Å². The molecule has 3 rings (SSSR count). The number of Topliss-reactive ketones (excluding diaryl/α,β-unsaturated/α-hetero) is 1. The zero-order valence-electron chi connectivity index (χ0n) is 20.7. The van der Waals surface area contributed by atoms with Crippen molar-refractivity contribution in [2.24, 2.45) is 11.8 Å². The lowest BCUT2D eigenvalue weighted by atomic mass is 9.93. The molecule has 1 aliphatic rings. The first kappa shape index (κ1) is 26.4. The number of amides is 2. The third-order valence-corrected chi connectivity index (χ3v) is 6.37. The van der Waals surface area contributed by atoms with Gasteiger partial charge >= 0.3 is 0 Å². The fourth-order valence-electron chi connectivity index (χ4n) is 4.26. The number of ether oxygens (including phenoxy) is 1. The van der Waals surface area contributed by atoms with Gasteiger partial charge in [0.1, 0.15) is 11.5 Å². The summed E-state index contributed by atoms with van der Waals surface area (Å²) in [5.41, 5.74) is 2.03. The molecule has 0 aliphatic heterocycles. The number of hydrogen-bond donors (Lipinski definition) is 3. The van der Waals surface area contributed by atoms with Gasteiger partial charge in [-0.1, -0.05) is 61.9 Å². The molecule has 2 aromatic carbocycles. The number of nitrogens with one attached hydrogen (secondary N) is 2. The van der Waals surface area contributed by atoms with E-state index < -0.39 is 18.1 Å². The first-order chi connectivity index (χ1) is 16.8. The Bertz CT molecular complexity index is 990. The molecule has 0 aromatic heterocycles. The molecule has 1 aliphatic carbocycles. The van der Waals surface area contributed by atoms with E-state index in [4.69, 9.17) is 4.74 Å². The second-order valence-electron chi connectivity index (χ2n) is 9.55. The minimum absolute atomic E-state index is 0.0192. The predicted octanol–water partition coefficient (Wildman–Crippen LogP) is 3.14. The van der Waals surface area contributed by atoms with E-state index in [0.717, 1.165) is 11.1 Å². The molecule has 4 atom stereocenters. The van der Waals surface area contributed by atoms with Crippen LogP contribution in [0.15, 0.2) is 54.6 Å². The molecular weight excluding hydrogens is 444 g/mol. The van der Waals surface area contributed by atoms with Crippen LogP contribution in [0.4, 0.5) is 0 Å². The molecule has 188 valence electrons. The molecule has 0 saturated heterocycles. The van der Waals surface area contributed by atoms with Gasteiger partial charge in [0.25, 0.3) is 5.91 Å². The summed E-state index contributed by atoms with van der Waals surface area (Å²) in [6.07, 6.45) is 0.604. The van der Waals surface area contributed by atoms with Crippen LogP contribution in [0.2, 0.25) is 0 Å². The van der Waals surface area contributed by atoms with Crippen molar-refractivity contribution in [2.75, 3.05) is 13.2 Å². The van der Waals surface area contributed by atoms with E-state index in [1.54, 1.807) is 0 Å². The first-order valence-electron chi connectivity index (χ1n) is 12.3. The zero-order valence-corrected chi connectivity index (χ0v) is 20.7. The lowest BCUT2D eigenvalue weighted by molar-refractivity contribution is -0.124. The number of benzene rings is 2. The quantitative estimate of drug-likeness (QED) is 0.382. The van der Waals surface area contributed by atoms with Gasteiger partial charge in [-0.25, -0.2) is 0 Å². The number of aliphatic hydroxyl groups excluding tert-OH is 1. The molecule has 0 bridgehead atoms. The van der Waals surface area contributed by atoms with Crippen LogP contribution in [0.25, 0.3) is 0 Å². The molecular formula is C28H36N2O5. The maximum Gasteiger partial charge on any atom is 0.257 e. The Morgan fingerprint density at radius 3 is 2.34 bits per heavy atom. The van der Waals surface area contributed by atoms with Crippen LogP contribution in [0, 0.1) is 18.8 Å². The smallest absolute Gasteiger partial charge is 0.257 e. The molecule has 7 nitrogen and oxygen atoms in total. The highest BCUT2D eigenvalue weighted by atomic mass is 16.5. The molecule has 2 amide bonds. The Labute approximate surface area is 207 Å². The minimum atomic E-state index is -0.926. The van der Waals surface area contributed by atoms with Crippen molar-refractivity contribution in [2.45, 2.75) is 58.1 Å². The van der Waals surface area contributed by atoms with Gasteiger partial charge in [0.15, 0.2) is 6.61 Å². The van der Waals surface area contributed by atoms with Gasteiger partial charge in [-0.2, -0.15) is 0 Å². The number of hydrogen-bond acceptors (Lipinski definition) is 5. The van der Waals surface area contributed by atoms with Crippen LogP contribution in [0.1, 0.15) is 50.2 Å². The summed E-state index contributed by atoms with van der Waals surface area (Å²) >= 11 is 0. The molecule has 0 heterocycles. The van der Waals surface area contributed by atoms with E-state index in [9.17, 15) is 19.5 Å². The summed E-state index contributed by atoms with van der Waals surface area (Å²) in [4.78, 5) is 36.8. The minimum Gasteiger partial charge on any atom is -0.484 e. The van der Waals surface area contributed by atoms with Crippen LogP contribution >= 0.6 is 0 Å². The maximum absolute atomic E-state index is 12.5. The highest BCUT2D eigenvalue weighted by Gasteiger charge is 2.56. The van der Waals surface area contributed by atoms with Crippen molar-refractivity contribution in [1.29, 1.82) is 0 Å². The fraction of sp³-hybridized carbons (Fsp3) is 0.464. The molecule has 0 radical (unpaired) electrons. The number of carbonyl (C=O) groups excluding carboxylic acids is 3. The van der Waals surface area contributed by atoms with Crippen LogP contribution < -0.4 is 15.4 Å². The Balaban J connectivity index is 1.35. The Kier molecular flexibility index (Phi) is 9.43. The molecule has 35 heavy (non-hydrogen) atoms. The van der Waals surface area contributed by atoms with E-state index in [1.165, 1.54) is 0 Å². The molecule has 3 N–H and O–H groups in total. The van der Waals surface area contributed by atoms with Crippen molar-refractivity contribution in [1.82, 2.24) is 10.6 Å². The van der Waals surface area contributed by atoms with Crippen LogP contribution in [-0.2, 0) is 14.4 Å². The van der Waals surface area contributed by atoms with Crippen molar-refractivity contribution in [3.05, 3.63) is 65.7 Å². The third-order valence-electron chi connectivity index (χ3n) is 6.37. The van der Waals surface area contributed by atoms with E-state index >= 15 is 0 Å². The summed E-state index contributed by atoms with van der Waals surface area (Å²) in [6.45, 7) is 6.23. The van der Waals surface area contributed by atoms with Gasteiger partial charge in [-0.15, -0.1) is 0 Å². The summed E-state index contributed by atoms with van der Waals surface area (Å²) < 4.78 is 5.45. The SMILES string of the molecule is Cc1ccc(OCC(=O)NCCCCC(=O)N[C@@H](C(C)C)[C@H](O)C2C(=O)C2c2ccccc2)cc1. The van der Waals surface area contributed by atoms with Crippen LogP contribution in [-0.4, -0.2) is 48.0 Å². The van der Waals surface area contributed by atoms with Gasteiger partial charge in [-0.3, -0.25) is 14.4 Å². The summed E-state index contributed by atoms with van der Waals surface area (Å²) in [7, 11) is 0. The Hall–Kier alpha value is -3.19. The summed E-state index contributed by atoms with van der Waals surface area (Å²) in [5.74, 6) is -0.517. The number of aryl methyl sites for hydroxylation is 1. The standard InChI is InChI=1S/C28H36N2O5/c1-18(2)26(28(34)25-24(27(25)33)20-9-5-4-6-10-20)30-22(31)11-7-8-16-29-23(32)17-35-21-14-12-19(3)13-15-21/h4-6,9-10,12-15,18,24-26,28,34H,7-8,11,16-17H2,1-3H3,(H,29,32)(H,30,31)/t24?,25?,26-,28+/m0/s1. The van der Waals surface area contributed by atoms with E-state index in [2.05, 4.69) is 10.6 Å². The number of carbonyl (C=O) groups is 3. The topological polar surface area (TPSA) is 105 Å². The molecule has 7 heteroatoms. The van der Waals surface area contributed by atoms with Gasteiger partial charge in [0, 0.05) is 13.0 Å². The van der Waals surface area contributed by atoms with Crippen LogP contribution in [0.3, 0.4) is 0 Å². The van der Waals surface area contributed by atoms with Gasteiger partial charge in [0.05, 0.1) is 24.0 Å². The largest absolute Gasteiger partial charge is 0.484 e. The van der Waals surface area contributed by atoms with Crippen molar-refractivity contribution in [3.63, 3.8) is 0 Å². The van der Waals surface area contributed by atoms with E-state index in [0.29, 0.717) is 25.1 Å². The van der Waals surface area contributed by atoms with Gasteiger partial charge in [-0.05, 0) is 43.4 Å². The molecule has 2 unspecified atom stereocenters. The molecule has 0 spiro atoms. The van der Waals surface area contributed by atoms with Crippen LogP contribution in [0.5, 0.6) is 5.75 Å². The average molecular weight is 481 g/mol. The summed E-state index contributed by atoms with van der Waals surface area (Å²) in [6, 6.07) is 16.4. The van der Waals surface area contributed by atoms with E-state index in [1.807, 2.05) is 75.4 Å².